The van der Waals surface area contributed by atoms with Gasteiger partial charge in [-0.2, -0.15) is 0 Å². The van der Waals surface area contributed by atoms with Crippen molar-refractivity contribution in [3.8, 4) is 11.5 Å². The molecule has 18 heavy (non-hydrogen) atoms. The molecule has 6 heteroatoms. The monoisotopic (exact) mass is 302 g/mol. The minimum Gasteiger partial charge on any atom is -0.454 e. The normalized spacial score (nSPS) is 10.5. The summed E-state index contributed by atoms with van der Waals surface area (Å²) in [7, 11) is 0. The molecule has 0 N–H and O–H groups in total. The second-order valence-corrected chi connectivity index (χ2v) is 4.92. The molecule has 0 amide bonds. The first-order valence-electron chi connectivity index (χ1n) is 5.10. The molecule has 0 spiro atoms. The van der Waals surface area contributed by atoms with E-state index in [2.05, 4.69) is 10.2 Å². The van der Waals surface area contributed by atoms with Gasteiger partial charge < -0.3 is 4.74 Å². The Hall–Kier alpha value is -1.03. The van der Waals surface area contributed by atoms with Gasteiger partial charge >= 0.3 is 0 Å². The van der Waals surface area contributed by atoms with Crippen LogP contribution in [0, 0.1) is 13.8 Å². The van der Waals surface area contributed by atoms with E-state index in [4.69, 9.17) is 39.5 Å². The first-order valence-corrected chi connectivity index (χ1v) is 6.24. The lowest BCUT2D eigenvalue weighted by Crippen LogP contribution is -1.92. The van der Waals surface area contributed by atoms with E-state index in [0.29, 0.717) is 11.5 Å². The molecule has 2 rings (SSSR count). The fraction of sp³-hybridized carbons (Fsp3) is 0.167. The molecule has 0 unspecified atom stereocenters. The maximum Gasteiger partial charge on any atom is 0.194 e. The van der Waals surface area contributed by atoms with E-state index >= 15 is 0 Å². The molecule has 3 nitrogen and oxygen atoms in total. The van der Waals surface area contributed by atoms with Crippen LogP contribution in [0.3, 0.4) is 0 Å². The van der Waals surface area contributed by atoms with Gasteiger partial charge in [0.2, 0.25) is 0 Å². The predicted molar refractivity (Wildman–Crippen MR) is 73.1 cm³/mol. The Labute approximate surface area is 120 Å². The maximum atomic E-state index is 6.08. The van der Waals surface area contributed by atoms with E-state index in [-0.39, 0.29) is 10.3 Å². The van der Waals surface area contributed by atoms with E-state index in [1.54, 1.807) is 0 Å². The van der Waals surface area contributed by atoms with Crippen LogP contribution in [0.1, 0.15) is 11.1 Å². The van der Waals surface area contributed by atoms with Crippen molar-refractivity contribution < 1.29 is 4.74 Å². The van der Waals surface area contributed by atoms with Crippen molar-refractivity contribution >= 4 is 34.8 Å². The summed E-state index contributed by atoms with van der Waals surface area (Å²) in [5, 5.41) is 8.38. The quantitative estimate of drug-likeness (QED) is 0.795. The predicted octanol–water partition coefficient (Wildman–Crippen LogP) is 4.85. The Balaban J connectivity index is 2.37. The highest BCUT2D eigenvalue weighted by molar-refractivity contribution is 6.32. The van der Waals surface area contributed by atoms with Crippen molar-refractivity contribution in [3.05, 3.63) is 44.7 Å². The number of rotatable bonds is 2. The molecule has 0 atom stereocenters. The van der Waals surface area contributed by atoms with Crippen molar-refractivity contribution in [1.82, 2.24) is 10.2 Å². The molecule has 0 fully saturated rings. The Morgan fingerprint density at radius 1 is 0.944 bits per heavy atom. The number of halogens is 3. The summed E-state index contributed by atoms with van der Waals surface area (Å²) in [5.41, 5.74) is 1.85. The van der Waals surface area contributed by atoms with Crippen LogP contribution in [0.15, 0.2) is 18.2 Å². The van der Waals surface area contributed by atoms with Gasteiger partial charge in [0.15, 0.2) is 16.1 Å². The lowest BCUT2D eigenvalue weighted by molar-refractivity contribution is 0.478. The van der Waals surface area contributed by atoms with E-state index in [1.165, 1.54) is 6.07 Å². The summed E-state index contributed by atoms with van der Waals surface area (Å²) in [4.78, 5) is 0. The van der Waals surface area contributed by atoms with E-state index < -0.39 is 0 Å². The number of nitrogens with zero attached hydrogens (tertiary/aromatic N) is 2. The van der Waals surface area contributed by atoms with Gasteiger partial charge in [-0.15, -0.1) is 10.2 Å². The Morgan fingerprint density at radius 3 is 2.17 bits per heavy atom. The number of hydrogen-bond acceptors (Lipinski definition) is 3. The van der Waals surface area contributed by atoms with Crippen LogP contribution in [0.4, 0.5) is 0 Å². The third kappa shape index (κ3) is 2.86. The van der Waals surface area contributed by atoms with E-state index in [9.17, 15) is 0 Å². The van der Waals surface area contributed by atoms with Gasteiger partial charge in [-0.05, 0) is 37.1 Å². The maximum absolute atomic E-state index is 6.08. The SMILES string of the molecule is Cc1cc(Oc2cc(Cl)nnc2Cl)cc(C)c1Cl. The van der Waals surface area contributed by atoms with Crippen LogP contribution >= 0.6 is 34.8 Å². The summed E-state index contributed by atoms with van der Waals surface area (Å²) in [6.07, 6.45) is 0. The first kappa shape index (κ1) is 13.4. The third-order valence-electron chi connectivity index (χ3n) is 2.32. The van der Waals surface area contributed by atoms with Gasteiger partial charge in [-0.3, -0.25) is 0 Å². The Kier molecular flexibility index (Phi) is 3.95. The van der Waals surface area contributed by atoms with E-state index in [0.717, 1.165) is 16.1 Å². The zero-order chi connectivity index (χ0) is 13.3. The second kappa shape index (κ2) is 5.31. The molecule has 0 saturated carbocycles. The highest BCUT2D eigenvalue weighted by atomic mass is 35.5. The lowest BCUT2D eigenvalue weighted by Gasteiger charge is -2.10. The molecule has 1 aromatic carbocycles. The van der Waals surface area contributed by atoms with Crippen molar-refractivity contribution in [2.45, 2.75) is 13.8 Å². The largest absolute Gasteiger partial charge is 0.454 e. The molecule has 0 saturated heterocycles. The molecule has 2 aromatic rings. The summed E-state index contributed by atoms with van der Waals surface area (Å²) in [6, 6.07) is 5.15. The van der Waals surface area contributed by atoms with E-state index in [1.807, 2.05) is 26.0 Å². The molecule has 94 valence electrons. The first-order chi connectivity index (χ1) is 8.47. The average Bonchev–Trinajstić information content (AvgIpc) is 2.31. The standard InChI is InChI=1S/C12H9Cl3N2O/c1-6-3-8(4-7(2)11(6)14)18-9-5-10(13)16-17-12(9)15/h3-5H,1-2H3. The van der Waals surface area contributed by atoms with Crippen LogP contribution in [0.5, 0.6) is 11.5 Å². The number of aryl methyl sites for hydroxylation is 2. The van der Waals surface area contributed by atoms with Crippen LogP contribution in [-0.2, 0) is 0 Å². The van der Waals surface area contributed by atoms with Crippen LogP contribution < -0.4 is 4.74 Å². The number of aromatic nitrogens is 2. The molecule has 0 aliphatic carbocycles. The van der Waals surface area contributed by atoms with Gasteiger partial charge in [0.1, 0.15) is 5.75 Å². The molecular formula is C12H9Cl3N2O. The number of ether oxygens (including phenoxy) is 1. The van der Waals surface area contributed by atoms with Crippen molar-refractivity contribution in [2.75, 3.05) is 0 Å². The van der Waals surface area contributed by atoms with Gasteiger partial charge in [0, 0.05) is 11.1 Å². The minimum absolute atomic E-state index is 0.157. The summed E-state index contributed by atoms with van der Waals surface area (Å²) < 4.78 is 5.63. The highest BCUT2D eigenvalue weighted by Gasteiger charge is 2.09. The molecule has 1 heterocycles. The summed E-state index contributed by atoms with van der Waals surface area (Å²) >= 11 is 17.7. The summed E-state index contributed by atoms with van der Waals surface area (Å²) in [6.45, 7) is 3.81. The molecule has 1 aromatic heterocycles. The fourth-order valence-corrected chi connectivity index (χ4v) is 1.88. The van der Waals surface area contributed by atoms with Crippen LogP contribution in [0.25, 0.3) is 0 Å². The van der Waals surface area contributed by atoms with Gasteiger partial charge in [-0.1, -0.05) is 34.8 Å². The van der Waals surface area contributed by atoms with Gasteiger partial charge in [0.05, 0.1) is 0 Å². The van der Waals surface area contributed by atoms with Crippen molar-refractivity contribution in [3.63, 3.8) is 0 Å². The number of benzene rings is 1. The molecule has 0 aliphatic heterocycles. The third-order valence-corrected chi connectivity index (χ3v) is 3.37. The average molecular weight is 304 g/mol. The summed E-state index contributed by atoms with van der Waals surface area (Å²) in [5.74, 6) is 0.984. The van der Waals surface area contributed by atoms with Crippen molar-refractivity contribution in [1.29, 1.82) is 0 Å². The van der Waals surface area contributed by atoms with Gasteiger partial charge in [0.25, 0.3) is 0 Å². The zero-order valence-electron chi connectivity index (χ0n) is 9.67. The molecule has 0 radical (unpaired) electrons. The smallest absolute Gasteiger partial charge is 0.194 e. The Morgan fingerprint density at radius 2 is 1.56 bits per heavy atom. The van der Waals surface area contributed by atoms with Crippen LogP contribution in [-0.4, -0.2) is 10.2 Å². The van der Waals surface area contributed by atoms with Crippen molar-refractivity contribution in [2.24, 2.45) is 0 Å². The molecular weight excluding hydrogens is 295 g/mol. The van der Waals surface area contributed by atoms with Gasteiger partial charge in [-0.25, -0.2) is 0 Å². The highest BCUT2D eigenvalue weighted by Crippen LogP contribution is 2.32. The minimum atomic E-state index is 0.157. The Bertz CT molecular complexity index is 579. The van der Waals surface area contributed by atoms with Crippen LogP contribution in [0.2, 0.25) is 15.3 Å². The topological polar surface area (TPSA) is 35.0 Å². The molecule has 0 aliphatic rings. The zero-order valence-corrected chi connectivity index (χ0v) is 11.9. The second-order valence-electron chi connectivity index (χ2n) is 3.80. The molecule has 0 bridgehead atoms. The lowest BCUT2D eigenvalue weighted by atomic mass is 10.1. The fourth-order valence-electron chi connectivity index (χ4n) is 1.50. The number of hydrogen-bond donors (Lipinski definition) is 0.